The van der Waals surface area contributed by atoms with Gasteiger partial charge < -0.3 is 9.52 Å². The molecule has 0 aliphatic carbocycles. The van der Waals surface area contributed by atoms with Gasteiger partial charge >= 0.3 is 0 Å². The molecule has 18 heavy (non-hydrogen) atoms. The lowest BCUT2D eigenvalue weighted by Crippen LogP contribution is -1.80. The van der Waals surface area contributed by atoms with Crippen molar-refractivity contribution in [2.45, 2.75) is 13.8 Å². The molecule has 0 aliphatic heterocycles. The number of rotatable bonds is 1. The van der Waals surface area contributed by atoms with Crippen LogP contribution in [0.2, 0.25) is 0 Å². The number of phenolic OH excluding ortho intramolecular Hbond substituents is 1. The Hall–Kier alpha value is -2.29. The minimum absolute atomic E-state index is 0.193. The van der Waals surface area contributed by atoms with E-state index < -0.39 is 0 Å². The van der Waals surface area contributed by atoms with Gasteiger partial charge in [-0.3, -0.25) is 0 Å². The van der Waals surface area contributed by atoms with Crippen LogP contribution in [0.3, 0.4) is 0 Å². The van der Waals surface area contributed by atoms with Crippen LogP contribution >= 0.6 is 0 Å². The Balaban J connectivity index is 2.19. The molecule has 0 saturated carbocycles. The SMILES string of the molecule is Cc1ccc(-c2nc3cc(C)ccc3o2)c(O)c1. The van der Waals surface area contributed by atoms with Crippen LogP contribution in [0.4, 0.5) is 0 Å². The molecule has 1 N–H and O–H groups in total. The van der Waals surface area contributed by atoms with Crippen molar-refractivity contribution in [2.24, 2.45) is 0 Å². The quantitative estimate of drug-likeness (QED) is 0.702. The molecule has 3 nitrogen and oxygen atoms in total. The predicted molar refractivity (Wildman–Crippen MR) is 70.6 cm³/mol. The van der Waals surface area contributed by atoms with Crippen molar-refractivity contribution >= 4 is 11.1 Å². The van der Waals surface area contributed by atoms with Gasteiger partial charge in [0.25, 0.3) is 0 Å². The van der Waals surface area contributed by atoms with Gasteiger partial charge in [0.05, 0.1) is 5.56 Å². The zero-order chi connectivity index (χ0) is 12.7. The van der Waals surface area contributed by atoms with E-state index in [2.05, 4.69) is 4.98 Å². The van der Waals surface area contributed by atoms with Crippen molar-refractivity contribution in [3.63, 3.8) is 0 Å². The molecule has 0 saturated heterocycles. The summed E-state index contributed by atoms with van der Waals surface area (Å²) in [4.78, 5) is 4.41. The van der Waals surface area contributed by atoms with E-state index in [1.54, 1.807) is 6.07 Å². The fraction of sp³-hybridized carbons (Fsp3) is 0.133. The fourth-order valence-corrected chi connectivity index (χ4v) is 1.98. The van der Waals surface area contributed by atoms with Gasteiger partial charge in [0.2, 0.25) is 5.89 Å². The topological polar surface area (TPSA) is 46.3 Å². The standard InChI is InChI=1S/C15H13NO2/c1-9-4-6-14-12(7-9)16-15(18-14)11-5-3-10(2)8-13(11)17/h3-8,17H,1-2H3. The molecular weight excluding hydrogens is 226 g/mol. The first-order valence-electron chi connectivity index (χ1n) is 5.81. The van der Waals surface area contributed by atoms with E-state index in [0.717, 1.165) is 22.2 Å². The summed E-state index contributed by atoms with van der Waals surface area (Å²) in [5.41, 5.74) is 4.30. The molecule has 0 aliphatic rings. The summed E-state index contributed by atoms with van der Waals surface area (Å²) >= 11 is 0. The van der Waals surface area contributed by atoms with E-state index >= 15 is 0 Å². The van der Waals surface area contributed by atoms with Crippen LogP contribution in [0, 0.1) is 13.8 Å². The smallest absolute Gasteiger partial charge is 0.231 e. The summed E-state index contributed by atoms with van der Waals surface area (Å²) in [6, 6.07) is 11.3. The number of fused-ring (bicyclic) bond motifs is 1. The highest BCUT2D eigenvalue weighted by Gasteiger charge is 2.12. The van der Waals surface area contributed by atoms with E-state index in [1.165, 1.54) is 0 Å². The summed E-state index contributed by atoms with van der Waals surface area (Å²) in [6.07, 6.45) is 0. The lowest BCUT2D eigenvalue weighted by molar-refractivity contribution is 0.473. The van der Waals surface area contributed by atoms with Gasteiger partial charge in [-0.2, -0.15) is 0 Å². The molecule has 0 radical (unpaired) electrons. The van der Waals surface area contributed by atoms with Gasteiger partial charge in [0.1, 0.15) is 11.3 Å². The molecule has 3 aromatic rings. The van der Waals surface area contributed by atoms with Gasteiger partial charge in [-0.15, -0.1) is 0 Å². The Bertz CT molecular complexity index is 728. The van der Waals surface area contributed by atoms with E-state index in [9.17, 15) is 5.11 Å². The zero-order valence-electron chi connectivity index (χ0n) is 10.3. The molecule has 0 unspecified atom stereocenters. The van der Waals surface area contributed by atoms with Crippen LogP contribution in [0.15, 0.2) is 40.8 Å². The van der Waals surface area contributed by atoms with Gasteiger partial charge in [-0.1, -0.05) is 12.1 Å². The molecule has 2 aromatic carbocycles. The Kier molecular flexibility index (Phi) is 2.33. The maximum absolute atomic E-state index is 9.92. The Labute approximate surface area is 105 Å². The van der Waals surface area contributed by atoms with Crippen molar-refractivity contribution in [3.05, 3.63) is 47.5 Å². The van der Waals surface area contributed by atoms with Crippen LogP contribution in [-0.4, -0.2) is 10.1 Å². The normalized spacial score (nSPS) is 11.0. The van der Waals surface area contributed by atoms with Crippen LogP contribution in [0.25, 0.3) is 22.6 Å². The highest BCUT2D eigenvalue weighted by Crippen LogP contribution is 2.31. The summed E-state index contributed by atoms with van der Waals surface area (Å²) in [5, 5.41) is 9.92. The van der Waals surface area contributed by atoms with Gasteiger partial charge in [0, 0.05) is 0 Å². The minimum Gasteiger partial charge on any atom is -0.507 e. The molecule has 0 bridgehead atoms. The minimum atomic E-state index is 0.193. The number of nitrogens with zero attached hydrogens (tertiary/aromatic N) is 1. The number of oxazole rings is 1. The third-order valence-electron chi connectivity index (χ3n) is 2.93. The first kappa shape index (κ1) is 10.8. The Morgan fingerprint density at radius 1 is 1.00 bits per heavy atom. The van der Waals surface area contributed by atoms with Crippen LogP contribution in [-0.2, 0) is 0 Å². The maximum atomic E-state index is 9.92. The zero-order valence-corrected chi connectivity index (χ0v) is 10.3. The first-order valence-corrected chi connectivity index (χ1v) is 5.81. The van der Waals surface area contributed by atoms with E-state index in [4.69, 9.17) is 4.42 Å². The second-order valence-corrected chi connectivity index (χ2v) is 4.51. The number of hydrogen-bond acceptors (Lipinski definition) is 3. The lowest BCUT2D eigenvalue weighted by Gasteiger charge is -2.00. The molecule has 0 amide bonds. The molecule has 0 fully saturated rings. The van der Waals surface area contributed by atoms with Crippen LogP contribution in [0.1, 0.15) is 11.1 Å². The fourth-order valence-electron chi connectivity index (χ4n) is 1.98. The van der Waals surface area contributed by atoms with E-state index in [-0.39, 0.29) is 5.75 Å². The molecule has 3 heteroatoms. The number of phenols is 1. The molecule has 1 aromatic heterocycles. The van der Waals surface area contributed by atoms with Crippen LogP contribution in [0.5, 0.6) is 5.75 Å². The number of benzene rings is 2. The van der Waals surface area contributed by atoms with E-state index in [0.29, 0.717) is 11.5 Å². The first-order chi connectivity index (χ1) is 8.63. The van der Waals surface area contributed by atoms with Gasteiger partial charge in [-0.25, -0.2) is 4.98 Å². The summed E-state index contributed by atoms with van der Waals surface area (Å²) in [7, 11) is 0. The van der Waals surface area contributed by atoms with Crippen molar-refractivity contribution in [3.8, 4) is 17.2 Å². The number of aryl methyl sites for hydroxylation is 2. The molecule has 90 valence electrons. The number of aromatic hydroxyl groups is 1. The summed E-state index contributed by atoms with van der Waals surface area (Å²) in [5.74, 6) is 0.645. The highest BCUT2D eigenvalue weighted by molar-refractivity contribution is 5.78. The Morgan fingerprint density at radius 2 is 1.72 bits per heavy atom. The summed E-state index contributed by atoms with van der Waals surface area (Å²) < 4.78 is 5.66. The van der Waals surface area contributed by atoms with Crippen molar-refractivity contribution in [2.75, 3.05) is 0 Å². The molecule has 0 atom stereocenters. The van der Waals surface area contributed by atoms with Crippen molar-refractivity contribution in [1.82, 2.24) is 4.98 Å². The Morgan fingerprint density at radius 3 is 2.50 bits per heavy atom. The molecular formula is C15H13NO2. The van der Waals surface area contributed by atoms with Crippen molar-refractivity contribution < 1.29 is 9.52 Å². The average molecular weight is 239 g/mol. The third-order valence-corrected chi connectivity index (χ3v) is 2.93. The summed E-state index contributed by atoms with van der Waals surface area (Å²) in [6.45, 7) is 3.94. The second kappa shape index (κ2) is 3.88. The lowest BCUT2D eigenvalue weighted by atomic mass is 10.1. The third kappa shape index (κ3) is 1.74. The number of hydrogen-bond donors (Lipinski definition) is 1. The maximum Gasteiger partial charge on any atom is 0.231 e. The predicted octanol–water partition coefficient (Wildman–Crippen LogP) is 3.82. The van der Waals surface area contributed by atoms with Crippen molar-refractivity contribution in [1.29, 1.82) is 0 Å². The van der Waals surface area contributed by atoms with E-state index in [1.807, 2.05) is 44.2 Å². The van der Waals surface area contributed by atoms with Gasteiger partial charge in [-0.05, 0) is 49.2 Å². The highest BCUT2D eigenvalue weighted by atomic mass is 16.3. The number of aromatic nitrogens is 1. The molecule has 3 rings (SSSR count). The molecule has 0 spiro atoms. The van der Waals surface area contributed by atoms with Gasteiger partial charge in [0.15, 0.2) is 5.58 Å². The average Bonchev–Trinajstić information content (AvgIpc) is 2.71. The van der Waals surface area contributed by atoms with Crippen LogP contribution < -0.4 is 0 Å². The molecule has 1 heterocycles. The monoisotopic (exact) mass is 239 g/mol. The second-order valence-electron chi connectivity index (χ2n) is 4.51. The largest absolute Gasteiger partial charge is 0.507 e.